The van der Waals surface area contributed by atoms with Crippen molar-refractivity contribution in [2.75, 3.05) is 28.6 Å². The summed E-state index contributed by atoms with van der Waals surface area (Å²) >= 11 is 7.34. The van der Waals surface area contributed by atoms with E-state index in [1.54, 1.807) is 18.3 Å². The van der Waals surface area contributed by atoms with Gasteiger partial charge in [0.05, 0.1) is 22.8 Å². The molecule has 1 saturated heterocycles. The van der Waals surface area contributed by atoms with Crippen molar-refractivity contribution < 1.29 is 9.59 Å². The Morgan fingerprint density at radius 2 is 2.07 bits per heavy atom. The van der Waals surface area contributed by atoms with Gasteiger partial charge in [-0.15, -0.1) is 11.8 Å². The van der Waals surface area contributed by atoms with E-state index in [0.717, 1.165) is 23.7 Å². The molecule has 2 aromatic rings. The van der Waals surface area contributed by atoms with Crippen molar-refractivity contribution in [2.24, 2.45) is 0 Å². The van der Waals surface area contributed by atoms with Crippen molar-refractivity contribution in [1.29, 1.82) is 0 Å². The maximum atomic E-state index is 12.4. The monoisotopic (exact) mass is 416 g/mol. The van der Waals surface area contributed by atoms with E-state index in [1.165, 1.54) is 31.0 Å². The van der Waals surface area contributed by atoms with Crippen LogP contribution in [0.2, 0.25) is 5.02 Å². The van der Waals surface area contributed by atoms with Gasteiger partial charge in [-0.1, -0.05) is 11.6 Å². The average Bonchev–Trinajstić information content (AvgIpc) is 2.70. The molecule has 0 spiro atoms. The van der Waals surface area contributed by atoms with Crippen molar-refractivity contribution in [3.63, 3.8) is 0 Å². The Balaban J connectivity index is 1.35. The van der Waals surface area contributed by atoms with Crippen molar-refractivity contribution in [2.45, 2.75) is 35.8 Å². The Hall–Kier alpha value is -2.25. The van der Waals surface area contributed by atoms with E-state index in [-0.39, 0.29) is 18.2 Å². The van der Waals surface area contributed by atoms with Crippen LogP contribution in [0.3, 0.4) is 0 Å². The zero-order valence-electron chi connectivity index (χ0n) is 15.3. The lowest BCUT2D eigenvalue weighted by Crippen LogP contribution is -2.32. The van der Waals surface area contributed by atoms with E-state index in [2.05, 4.69) is 20.5 Å². The highest BCUT2D eigenvalue weighted by atomic mass is 35.5. The number of carbonyl (C=O) groups is 2. The number of fused-ring (bicyclic) bond motifs is 1. The number of aromatic nitrogens is 1. The Morgan fingerprint density at radius 3 is 2.82 bits per heavy atom. The zero-order chi connectivity index (χ0) is 19.5. The minimum atomic E-state index is -0.485. The van der Waals surface area contributed by atoms with Crippen LogP contribution in [-0.2, 0) is 9.59 Å². The number of nitrogens with one attached hydrogen (secondary N) is 2. The van der Waals surface area contributed by atoms with Gasteiger partial charge in [-0.05, 0) is 49.6 Å². The van der Waals surface area contributed by atoms with Gasteiger partial charge in [0.25, 0.3) is 0 Å². The Kier molecular flexibility index (Phi) is 5.73. The lowest BCUT2D eigenvalue weighted by molar-refractivity contribution is -0.120. The van der Waals surface area contributed by atoms with Crippen molar-refractivity contribution in [1.82, 2.24) is 4.98 Å². The molecule has 28 heavy (non-hydrogen) atoms. The smallest absolute Gasteiger partial charge is 0.238 e. The molecule has 1 aromatic carbocycles. The Labute approximate surface area is 173 Å². The second-order valence-electron chi connectivity index (χ2n) is 6.94. The second-order valence-corrected chi connectivity index (χ2v) is 8.62. The number of pyridine rings is 1. The lowest BCUT2D eigenvalue weighted by Gasteiger charge is -2.28. The topological polar surface area (TPSA) is 74.3 Å². The Bertz CT molecular complexity index is 884. The van der Waals surface area contributed by atoms with Crippen LogP contribution in [0.15, 0.2) is 41.4 Å². The second kappa shape index (κ2) is 8.41. The molecule has 8 heteroatoms. The van der Waals surface area contributed by atoms with Crippen molar-refractivity contribution in [3.05, 3.63) is 41.6 Å². The van der Waals surface area contributed by atoms with Crippen LogP contribution in [0.4, 0.5) is 17.2 Å². The number of carbonyl (C=O) groups excluding carboxylic acids is 2. The fraction of sp³-hybridized carbons (Fsp3) is 0.350. The number of anilines is 3. The van der Waals surface area contributed by atoms with Gasteiger partial charge < -0.3 is 15.5 Å². The van der Waals surface area contributed by atoms with Gasteiger partial charge in [0.15, 0.2) is 0 Å². The quantitative estimate of drug-likeness (QED) is 0.782. The van der Waals surface area contributed by atoms with E-state index in [0.29, 0.717) is 16.5 Å². The molecule has 1 aromatic heterocycles. The fourth-order valence-corrected chi connectivity index (χ4v) is 4.68. The van der Waals surface area contributed by atoms with Gasteiger partial charge in [-0.2, -0.15) is 0 Å². The first kappa shape index (κ1) is 19.1. The van der Waals surface area contributed by atoms with Crippen LogP contribution in [0.5, 0.6) is 0 Å². The molecule has 3 heterocycles. The third-order valence-corrected chi connectivity index (χ3v) is 6.38. The maximum Gasteiger partial charge on any atom is 0.238 e. The Morgan fingerprint density at radius 1 is 1.25 bits per heavy atom. The minimum absolute atomic E-state index is 0.0775. The molecule has 2 amide bonds. The van der Waals surface area contributed by atoms with E-state index in [4.69, 9.17) is 11.6 Å². The fourth-order valence-electron chi connectivity index (χ4n) is 3.42. The van der Waals surface area contributed by atoms with Crippen LogP contribution < -0.4 is 15.5 Å². The molecule has 1 atom stereocenters. The van der Waals surface area contributed by atoms with Gasteiger partial charge in [0, 0.05) is 29.4 Å². The highest BCUT2D eigenvalue weighted by molar-refractivity contribution is 8.01. The summed E-state index contributed by atoms with van der Waals surface area (Å²) in [6, 6.07) is 9.14. The highest BCUT2D eigenvalue weighted by Crippen LogP contribution is 2.38. The average molecular weight is 417 g/mol. The molecule has 0 aliphatic carbocycles. The van der Waals surface area contributed by atoms with Gasteiger partial charge in [-0.25, -0.2) is 4.98 Å². The standard InChI is InChI=1S/C20H21ClN4O2S/c21-13-4-6-16-15(10-13)23-20(27)17(28-16)11-19(26)24-18-7-5-14(12-22-18)25-8-2-1-3-9-25/h4-7,10,12,17H,1-3,8-9,11H2,(H,23,27)(H,22,24,26). The number of halogens is 1. The normalized spacial score (nSPS) is 19.0. The first-order valence-electron chi connectivity index (χ1n) is 9.36. The molecule has 2 N–H and O–H groups in total. The molecular formula is C20H21ClN4O2S. The lowest BCUT2D eigenvalue weighted by atomic mass is 10.1. The van der Waals surface area contributed by atoms with Crippen LogP contribution >= 0.6 is 23.4 Å². The molecule has 2 aliphatic heterocycles. The van der Waals surface area contributed by atoms with Crippen LogP contribution in [0.25, 0.3) is 0 Å². The van der Waals surface area contributed by atoms with Gasteiger partial charge in [0.1, 0.15) is 5.82 Å². The summed E-state index contributed by atoms with van der Waals surface area (Å²) in [4.78, 5) is 32.3. The third-order valence-electron chi connectivity index (χ3n) is 4.87. The van der Waals surface area contributed by atoms with E-state index in [9.17, 15) is 9.59 Å². The van der Waals surface area contributed by atoms with Crippen molar-refractivity contribution >= 4 is 52.4 Å². The number of rotatable bonds is 4. The van der Waals surface area contributed by atoms with Crippen LogP contribution in [-0.4, -0.2) is 35.1 Å². The molecule has 2 aliphatic rings. The van der Waals surface area contributed by atoms with E-state index < -0.39 is 5.25 Å². The summed E-state index contributed by atoms with van der Waals surface area (Å²) in [5, 5.41) is 5.69. The number of thioether (sulfide) groups is 1. The molecule has 0 saturated carbocycles. The summed E-state index contributed by atoms with van der Waals surface area (Å²) in [7, 11) is 0. The molecule has 1 fully saturated rings. The molecule has 1 unspecified atom stereocenters. The summed E-state index contributed by atoms with van der Waals surface area (Å²) in [5.74, 6) is 0.0748. The molecule has 146 valence electrons. The number of benzene rings is 1. The minimum Gasteiger partial charge on any atom is -0.370 e. The third kappa shape index (κ3) is 4.42. The summed E-state index contributed by atoms with van der Waals surface area (Å²) in [6.07, 6.45) is 5.56. The van der Waals surface area contributed by atoms with Gasteiger partial charge in [0.2, 0.25) is 11.8 Å². The maximum absolute atomic E-state index is 12.4. The molecule has 0 radical (unpaired) electrons. The predicted octanol–water partition coefficient (Wildman–Crippen LogP) is 4.17. The summed E-state index contributed by atoms with van der Waals surface area (Å²) < 4.78 is 0. The largest absolute Gasteiger partial charge is 0.370 e. The number of amides is 2. The first-order chi connectivity index (χ1) is 13.6. The van der Waals surface area contributed by atoms with Crippen molar-refractivity contribution in [3.8, 4) is 0 Å². The number of piperidine rings is 1. The molecular weight excluding hydrogens is 396 g/mol. The van der Waals surface area contributed by atoms with Gasteiger partial charge in [-0.3, -0.25) is 9.59 Å². The first-order valence-corrected chi connectivity index (χ1v) is 10.6. The molecule has 6 nitrogen and oxygen atoms in total. The van der Waals surface area contributed by atoms with E-state index >= 15 is 0 Å². The molecule has 0 bridgehead atoms. The van der Waals surface area contributed by atoms with Crippen LogP contribution in [0.1, 0.15) is 25.7 Å². The number of nitrogens with zero attached hydrogens (tertiary/aromatic N) is 2. The predicted molar refractivity (Wildman–Crippen MR) is 113 cm³/mol. The van der Waals surface area contributed by atoms with Gasteiger partial charge >= 0.3 is 0 Å². The summed E-state index contributed by atoms with van der Waals surface area (Å²) in [5.41, 5.74) is 1.77. The van der Waals surface area contributed by atoms with Crippen LogP contribution in [0, 0.1) is 0 Å². The number of hydrogen-bond donors (Lipinski definition) is 2. The SMILES string of the molecule is O=C(CC1Sc2ccc(Cl)cc2NC1=O)Nc1ccc(N2CCCCC2)cn1. The summed E-state index contributed by atoms with van der Waals surface area (Å²) in [6.45, 7) is 2.10. The highest BCUT2D eigenvalue weighted by Gasteiger charge is 2.29. The zero-order valence-corrected chi connectivity index (χ0v) is 16.9. The van der Waals surface area contributed by atoms with E-state index in [1.807, 2.05) is 18.2 Å². The molecule has 4 rings (SSSR count). The number of hydrogen-bond acceptors (Lipinski definition) is 5.